The number of nitrogens with one attached hydrogen (secondary N) is 1. The van der Waals surface area contributed by atoms with Gasteiger partial charge < -0.3 is 20.0 Å². The van der Waals surface area contributed by atoms with Crippen molar-refractivity contribution in [3.63, 3.8) is 0 Å². The van der Waals surface area contributed by atoms with Gasteiger partial charge in [0.05, 0.1) is 6.04 Å². The van der Waals surface area contributed by atoms with E-state index in [1.54, 1.807) is 4.90 Å². The molecule has 3 saturated heterocycles. The fourth-order valence-electron chi connectivity index (χ4n) is 6.48. The highest BCUT2D eigenvalue weighted by atomic mass is 16.2. The Balaban J connectivity index is 1.40. The van der Waals surface area contributed by atoms with Crippen molar-refractivity contribution >= 4 is 23.9 Å². The fourth-order valence-corrected chi connectivity index (χ4v) is 6.48. The summed E-state index contributed by atoms with van der Waals surface area (Å²) in [5.41, 5.74) is -0.944. The summed E-state index contributed by atoms with van der Waals surface area (Å²) in [5.74, 6) is 0.203. The Bertz CT molecular complexity index is 827. The Hall–Kier alpha value is -2.32. The predicted molar refractivity (Wildman–Crippen MR) is 119 cm³/mol. The lowest BCUT2D eigenvalue weighted by atomic mass is 9.64. The van der Waals surface area contributed by atoms with Gasteiger partial charge in [0.25, 0.3) is 5.91 Å². The quantitative estimate of drug-likeness (QED) is 0.664. The molecule has 9 heteroatoms. The zero-order chi connectivity index (χ0) is 23.4. The lowest BCUT2D eigenvalue weighted by molar-refractivity contribution is -0.141. The van der Waals surface area contributed by atoms with Crippen molar-refractivity contribution in [2.75, 3.05) is 39.3 Å². The Labute approximate surface area is 190 Å². The summed E-state index contributed by atoms with van der Waals surface area (Å²) < 4.78 is 0. The van der Waals surface area contributed by atoms with E-state index in [-0.39, 0.29) is 35.8 Å². The second-order valence-corrected chi connectivity index (χ2v) is 11.5. The number of urea groups is 2. The molecule has 1 N–H and O–H groups in total. The smallest absolute Gasteiger partial charge is 0.325 e. The molecule has 178 valence electrons. The highest BCUT2D eigenvalue weighted by Crippen LogP contribution is 2.46. The van der Waals surface area contributed by atoms with E-state index in [1.165, 1.54) is 0 Å². The lowest BCUT2D eigenvalue weighted by Gasteiger charge is -2.43. The second-order valence-electron chi connectivity index (χ2n) is 11.5. The van der Waals surface area contributed by atoms with Crippen LogP contribution in [-0.2, 0) is 9.59 Å². The summed E-state index contributed by atoms with van der Waals surface area (Å²) in [7, 11) is 0. The normalized spacial score (nSPS) is 32.2. The average Bonchev–Trinajstić information content (AvgIpc) is 3.07. The van der Waals surface area contributed by atoms with Crippen LogP contribution in [0.15, 0.2) is 0 Å². The van der Waals surface area contributed by atoms with Crippen LogP contribution in [-0.4, -0.2) is 94.3 Å². The molecule has 1 spiro atoms. The summed E-state index contributed by atoms with van der Waals surface area (Å²) >= 11 is 0. The molecule has 1 saturated carbocycles. The molecule has 0 aromatic carbocycles. The number of rotatable bonds is 4. The zero-order valence-electron chi connectivity index (χ0n) is 20.0. The molecule has 3 aliphatic heterocycles. The molecule has 0 aromatic rings. The van der Waals surface area contributed by atoms with Crippen LogP contribution in [0.25, 0.3) is 0 Å². The number of fused-ring (bicyclic) bond motifs is 1. The van der Waals surface area contributed by atoms with Gasteiger partial charge in [0.1, 0.15) is 12.1 Å². The van der Waals surface area contributed by atoms with Crippen LogP contribution >= 0.6 is 0 Å². The molecule has 4 rings (SSSR count). The predicted octanol–water partition coefficient (Wildman–Crippen LogP) is 1.73. The van der Waals surface area contributed by atoms with Crippen molar-refractivity contribution in [1.82, 2.24) is 24.9 Å². The van der Waals surface area contributed by atoms with E-state index < -0.39 is 11.6 Å². The summed E-state index contributed by atoms with van der Waals surface area (Å²) in [5, 5.41) is 2.94. The summed E-state index contributed by atoms with van der Waals surface area (Å²) in [6, 6.07) is -0.458. The van der Waals surface area contributed by atoms with E-state index in [2.05, 4.69) is 39.9 Å². The van der Waals surface area contributed by atoms with Gasteiger partial charge in [0.2, 0.25) is 5.91 Å². The summed E-state index contributed by atoms with van der Waals surface area (Å²) in [6.45, 7) is 13.0. The van der Waals surface area contributed by atoms with Crippen LogP contribution < -0.4 is 5.32 Å². The Morgan fingerprint density at radius 2 is 1.84 bits per heavy atom. The molecule has 4 aliphatic rings. The maximum absolute atomic E-state index is 13.3. The van der Waals surface area contributed by atoms with Crippen LogP contribution in [0.1, 0.15) is 53.9 Å². The molecule has 1 aliphatic carbocycles. The third-order valence-electron chi connectivity index (χ3n) is 7.29. The maximum Gasteiger partial charge on any atom is 0.325 e. The summed E-state index contributed by atoms with van der Waals surface area (Å²) in [6.07, 6.45) is 2.21. The maximum atomic E-state index is 13.3. The van der Waals surface area contributed by atoms with Gasteiger partial charge in [0.15, 0.2) is 0 Å². The molecular formula is C23H37N5O4. The Kier molecular flexibility index (Phi) is 5.66. The van der Waals surface area contributed by atoms with E-state index in [9.17, 15) is 19.2 Å². The van der Waals surface area contributed by atoms with Crippen LogP contribution in [0.4, 0.5) is 9.59 Å². The third-order valence-corrected chi connectivity index (χ3v) is 7.29. The number of hydrogen-bond acceptors (Lipinski definition) is 4. The first-order valence-corrected chi connectivity index (χ1v) is 11.9. The standard InChI is InChI=1S/C23H37N5O4/c1-15(2)10-26-12-17-11-25(6-7-27(17)21(26)32)18(29)13-28-19(30)23(24-20(28)31)9-16(3)8-22(4,5)14-23/h15-17H,6-14H2,1-5H3,(H,24,31)/t16-,17+,23-/m1/s1. The van der Waals surface area contributed by atoms with Gasteiger partial charge in [-0.3, -0.25) is 14.5 Å². The molecule has 9 nitrogen and oxygen atoms in total. The molecule has 32 heavy (non-hydrogen) atoms. The topological polar surface area (TPSA) is 93.3 Å². The minimum atomic E-state index is -0.896. The van der Waals surface area contributed by atoms with E-state index in [0.717, 1.165) is 11.3 Å². The minimum absolute atomic E-state index is 0.0339. The first-order chi connectivity index (χ1) is 14.9. The highest BCUT2D eigenvalue weighted by molar-refractivity contribution is 6.09. The van der Waals surface area contributed by atoms with Gasteiger partial charge in [0, 0.05) is 32.7 Å². The van der Waals surface area contributed by atoms with E-state index >= 15 is 0 Å². The Morgan fingerprint density at radius 1 is 1.12 bits per heavy atom. The number of carbonyl (C=O) groups excluding carboxylic acids is 4. The first-order valence-electron chi connectivity index (χ1n) is 11.9. The van der Waals surface area contributed by atoms with Gasteiger partial charge in [-0.1, -0.05) is 34.6 Å². The molecule has 3 heterocycles. The van der Waals surface area contributed by atoms with Crippen LogP contribution in [0, 0.1) is 17.3 Å². The average molecular weight is 448 g/mol. The molecule has 0 unspecified atom stereocenters. The lowest BCUT2D eigenvalue weighted by Crippen LogP contribution is -2.56. The summed E-state index contributed by atoms with van der Waals surface area (Å²) in [4.78, 5) is 58.2. The number of carbonyl (C=O) groups is 4. The van der Waals surface area contributed by atoms with E-state index in [0.29, 0.717) is 57.4 Å². The van der Waals surface area contributed by atoms with Gasteiger partial charge in [-0.15, -0.1) is 0 Å². The van der Waals surface area contributed by atoms with E-state index in [4.69, 9.17) is 0 Å². The largest absolute Gasteiger partial charge is 0.337 e. The Morgan fingerprint density at radius 3 is 2.50 bits per heavy atom. The van der Waals surface area contributed by atoms with Crippen LogP contribution in [0.5, 0.6) is 0 Å². The fraction of sp³-hybridized carbons (Fsp3) is 0.826. The monoisotopic (exact) mass is 447 g/mol. The molecule has 4 fully saturated rings. The van der Waals surface area contributed by atoms with Crippen molar-refractivity contribution in [2.24, 2.45) is 17.3 Å². The zero-order valence-corrected chi connectivity index (χ0v) is 20.0. The van der Waals surface area contributed by atoms with Crippen LogP contribution in [0.3, 0.4) is 0 Å². The van der Waals surface area contributed by atoms with Crippen LogP contribution in [0.2, 0.25) is 0 Å². The van der Waals surface area contributed by atoms with Crippen molar-refractivity contribution in [1.29, 1.82) is 0 Å². The highest BCUT2D eigenvalue weighted by Gasteiger charge is 2.56. The number of piperazine rings is 1. The van der Waals surface area contributed by atoms with Gasteiger partial charge >= 0.3 is 12.1 Å². The third kappa shape index (κ3) is 4.06. The number of imide groups is 1. The van der Waals surface area contributed by atoms with Crippen molar-refractivity contribution < 1.29 is 19.2 Å². The van der Waals surface area contributed by atoms with E-state index in [1.807, 2.05) is 9.80 Å². The molecule has 6 amide bonds. The number of amides is 6. The van der Waals surface area contributed by atoms with Gasteiger partial charge in [-0.25, -0.2) is 9.59 Å². The first kappa shape index (κ1) is 22.9. The van der Waals surface area contributed by atoms with Crippen molar-refractivity contribution in [3.8, 4) is 0 Å². The minimum Gasteiger partial charge on any atom is -0.337 e. The molecule has 0 radical (unpaired) electrons. The number of hydrogen-bond donors (Lipinski definition) is 1. The van der Waals surface area contributed by atoms with Crippen molar-refractivity contribution in [2.45, 2.75) is 65.5 Å². The SMILES string of the molecule is CC(C)CN1C[C@@H]2CN(C(=O)CN3C(=O)N[C@@]4(C[C@H](C)CC(C)(C)C4)C3=O)CCN2C1=O. The van der Waals surface area contributed by atoms with Gasteiger partial charge in [-0.05, 0) is 36.5 Å². The molecule has 0 bridgehead atoms. The molecule has 0 aromatic heterocycles. The van der Waals surface area contributed by atoms with Crippen molar-refractivity contribution in [3.05, 3.63) is 0 Å². The number of nitrogens with zero attached hydrogens (tertiary/aromatic N) is 4. The van der Waals surface area contributed by atoms with Gasteiger partial charge in [-0.2, -0.15) is 0 Å². The molecule has 3 atom stereocenters. The second kappa shape index (κ2) is 7.92. The molecular weight excluding hydrogens is 410 g/mol.